The van der Waals surface area contributed by atoms with E-state index < -0.39 is 0 Å². The molecule has 1 N–H and O–H groups in total. The lowest BCUT2D eigenvalue weighted by Crippen LogP contribution is -1.82. The molecule has 0 bridgehead atoms. The van der Waals surface area contributed by atoms with Crippen LogP contribution in [0, 0.1) is 3.57 Å². The first kappa shape index (κ1) is 9.39. The predicted molar refractivity (Wildman–Crippen MR) is 68.7 cm³/mol. The second-order valence-corrected chi connectivity index (χ2v) is 5.21. The number of nitrogens with zero attached hydrogens (tertiary/aromatic N) is 1. The van der Waals surface area contributed by atoms with Crippen LogP contribution in [0.4, 0.5) is 0 Å². The second kappa shape index (κ2) is 3.63. The maximum Gasteiger partial charge on any atom is 0.137 e. The van der Waals surface area contributed by atoms with Gasteiger partial charge in [0.2, 0.25) is 0 Å². The molecule has 0 unspecified atom stereocenters. The van der Waals surface area contributed by atoms with Gasteiger partial charge in [-0.25, -0.2) is 4.98 Å². The normalized spacial score (nSPS) is 15.5. The van der Waals surface area contributed by atoms with E-state index in [4.69, 9.17) is 0 Å². The number of rotatable bonds is 2. The molecule has 2 nitrogen and oxygen atoms in total. The van der Waals surface area contributed by atoms with Gasteiger partial charge in [0, 0.05) is 26.9 Å². The van der Waals surface area contributed by atoms with Crippen LogP contribution in [-0.4, -0.2) is 9.97 Å². The molecule has 1 saturated carbocycles. The fourth-order valence-corrected chi connectivity index (χ4v) is 2.05. The Morgan fingerprint density at radius 1 is 1.20 bits per heavy atom. The maximum atomic E-state index is 4.42. The third-order valence-electron chi connectivity index (χ3n) is 2.73. The first-order chi connectivity index (χ1) is 7.33. The Morgan fingerprint density at radius 2 is 1.93 bits per heavy atom. The van der Waals surface area contributed by atoms with Gasteiger partial charge in [-0.1, -0.05) is 12.1 Å². The molecule has 3 rings (SSSR count). The number of hydrogen-bond acceptors (Lipinski definition) is 1. The van der Waals surface area contributed by atoms with Gasteiger partial charge in [0.15, 0.2) is 0 Å². The van der Waals surface area contributed by atoms with E-state index >= 15 is 0 Å². The van der Waals surface area contributed by atoms with Crippen molar-refractivity contribution in [2.45, 2.75) is 18.8 Å². The zero-order chi connectivity index (χ0) is 10.3. The number of nitrogens with one attached hydrogen (secondary N) is 1. The smallest absolute Gasteiger partial charge is 0.137 e. The van der Waals surface area contributed by atoms with Crippen molar-refractivity contribution < 1.29 is 0 Å². The number of benzene rings is 1. The molecule has 0 radical (unpaired) electrons. The van der Waals surface area contributed by atoms with Crippen LogP contribution in [0.15, 0.2) is 30.5 Å². The number of aromatic amines is 1. The van der Waals surface area contributed by atoms with Crippen LogP contribution in [0.5, 0.6) is 0 Å². The Kier molecular flexibility index (Phi) is 2.27. The van der Waals surface area contributed by atoms with Crippen molar-refractivity contribution in [3.05, 3.63) is 39.7 Å². The van der Waals surface area contributed by atoms with Crippen molar-refractivity contribution in [1.29, 1.82) is 0 Å². The lowest BCUT2D eigenvalue weighted by Gasteiger charge is -1.96. The molecule has 3 heteroatoms. The van der Waals surface area contributed by atoms with Crippen LogP contribution in [0.25, 0.3) is 11.4 Å². The standard InChI is InChI=1S/C12H11IN2/c13-10-5-3-9(4-6-10)12-14-7-11(15-12)8-1-2-8/h3-8H,1-2H2,(H,14,15). The number of hydrogen-bond donors (Lipinski definition) is 1. The molecule has 2 aromatic rings. The van der Waals surface area contributed by atoms with Gasteiger partial charge in [-0.05, 0) is 47.6 Å². The van der Waals surface area contributed by atoms with Crippen LogP contribution in [-0.2, 0) is 0 Å². The molecule has 15 heavy (non-hydrogen) atoms. The minimum absolute atomic E-state index is 0.745. The van der Waals surface area contributed by atoms with E-state index in [-0.39, 0.29) is 0 Å². The second-order valence-electron chi connectivity index (χ2n) is 3.97. The first-order valence-electron chi connectivity index (χ1n) is 5.14. The molecule has 0 amide bonds. The fraction of sp³-hybridized carbons (Fsp3) is 0.250. The highest BCUT2D eigenvalue weighted by atomic mass is 127. The summed E-state index contributed by atoms with van der Waals surface area (Å²) in [4.78, 5) is 7.82. The van der Waals surface area contributed by atoms with E-state index in [1.165, 1.54) is 27.7 Å². The van der Waals surface area contributed by atoms with E-state index in [9.17, 15) is 0 Å². The highest BCUT2D eigenvalue weighted by Gasteiger charge is 2.25. The number of imidazole rings is 1. The summed E-state index contributed by atoms with van der Waals surface area (Å²) in [5.74, 6) is 1.74. The SMILES string of the molecule is Ic1ccc(-c2ncc(C3CC3)[nH]2)cc1. The summed E-state index contributed by atoms with van der Waals surface area (Å²) in [7, 11) is 0. The van der Waals surface area contributed by atoms with E-state index in [1.54, 1.807) is 0 Å². The van der Waals surface area contributed by atoms with Crippen molar-refractivity contribution in [2.24, 2.45) is 0 Å². The number of aromatic nitrogens is 2. The van der Waals surface area contributed by atoms with Gasteiger partial charge in [0.1, 0.15) is 5.82 Å². The molecule has 1 aliphatic carbocycles. The summed E-state index contributed by atoms with van der Waals surface area (Å²) in [5.41, 5.74) is 2.46. The topological polar surface area (TPSA) is 28.7 Å². The van der Waals surface area contributed by atoms with Gasteiger partial charge in [-0.3, -0.25) is 0 Å². The van der Waals surface area contributed by atoms with E-state index in [2.05, 4.69) is 56.8 Å². The van der Waals surface area contributed by atoms with Crippen molar-refractivity contribution in [2.75, 3.05) is 0 Å². The summed E-state index contributed by atoms with van der Waals surface area (Å²) >= 11 is 2.31. The fourth-order valence-electron chi connectivity index (χ4n) is 1.69. The summed E-state index contributed by atoms with van der Waals surface area (Å²) in [6.45, 7) is 0. The average Bonchev–Trinajstić information content (AvgIpc) is 2.99. The Labute approximate surface area is 102 Å². The van der Waals surface area contributed by atoms with Crippen LogP contribution < -0.4 is 0 Å². The maximum absolute atomic E-state index is 4.42. The molecular weight excluding hydrogens is 299 g/mol. The van der Waals surface area contributed by atoms with Crippen molar-refractivity contribution in [1.82, 2.24) is 9.97 Å². The van der Waals surface area contributed by atoms with Gasteiger partial charge in [0.05, 0.1) is 0 Å². The molecule has 0 aliphatic heterocycles. The molecule has 0 spiro atoms. The zero-order valence-electron chi connectivity index (χ0n) is 8.20. The third-order valence-corrected chi connectivity index (χ3v) is 3.45. The molecule has 0 saturated heterocycles. The van der Waals surface area contributed by atoms with Crippen LogP contribution in [0.2, 0.25) is 0 Å². The third kappa shape index (κ3) is 1.93. The van der Waals surface area contributed by atoms with Crippen molar-refractivity contribution in [3.63, 3.8) is 0 Å². The molecule has 1 fully saturated rings. The number of halogens is 1. The highest BCUT2D eigenvalue weighted by molar-refractivity contribution is 14.1. The molecule has 1 heterocycles. The lowest BCUT2D eigenvalue weighted by atomic mass is 10.2. The highest BCUT2D eigenvalue weighted by Crippen LogP contribution is 2.39. The quantitative estimate of drug-likeness (QED) is 0.844. The summed E-state index contributed by atoms with van der Waals surface area (Å²) in [6, 6.07) is 8.43. The van der Waals surface area contributed by atoms with Crippen LogP contribution in [0.3, 0.4) is 0 Å². The largest absolute Gasteiger partial charge is 0.342 e. The summed E-state index contributed by atoms with van der Waals surface area (Å²) in [5, 5.41) is 0. The van der Waals surface area contributed by atoms with E-state index in [0.717, 1.165) is 11.7 Å². The van der Waals surface area contributed by atoms with Gasteiger partial charge in [-0.2, -0.15) is 0 Å². The monoisotopic (exact) mass is 310 g/mol. The Bertz CT molecular complexity index is 469. The molecule has 76 valence electrons. The average molecular weight is 310 g/mol. The van der Waals surface area contributed by atoms with Crippen LogP contribution in [0.1, 0.15) is 24.5 Å². The molecule has 1 aromatic carbocycles. The predicted octanol–water partition coefficient (Wildman–Crippen LogP) is 3.56. The van der Waals surface area contributed by atoms with Crippen LogP contribution >= 0.6 is 22.6 Å². The Hall–Kier alpha value is -0.840. The minimum atomic E-state index is 0.745. The molecule has 1 aliphatic rings. The summed E-state index contributed by atoms with van der Waals surface area (Å²) in [6.07, 6.45) is 4.60. The first-order valence-corrected chi connectivity index (χ1v) is 6.21. The van der Waals surface area contributed by atoms with Gasteiger partial charge >= 0.3 is 0 Å². The lowest BCUT2D eigenvalue weighted by molar-refractivity contribution is 1.05. The van der Waals surface area contributed by atoms with Crippen molar-refractivity contribution >= 4 is 22.6 Å². The van der Waals surface area contributed by atoms with Gasteiger partial charge in [-0.15, -0.1) is 0 Å². The molecular formula is C12H11IN2. The van der Waals surface area contributed by atoms with E-state index in [1.807, 2.05) is 6.20 Å². The summed E-state index contributed by atoms with van der Waals surface area (Å²) < 4.78 is 1.25. The molecule has 1 aromatic heterocycles. The molecule has 0 atom stereocenters. The van der Waals surface area contributed by atoms with E-state index in [0.29, 0.717) is 0 Å². The van der Waals surface area contributed by atoms with Gasteiger partial charge in [0.25, 0.3) is 0 Å². The zero-order valence-corrected chi connectivity index (χ0v) is 10.4. The Balaban J connectivity index is 1.93. The Morgan fingerprint density at radius 3 is 2.60 bits per heavy atom. The van der Waals surface area contributed by atoms with Gasteiger partial charge < -0.3 is 4.98 Å². The number of H-pyrrole nitrogens is 1. The van der Waals surface area contributed by atoms with Crippen molar-refractivity contribution in [3.8, 4) is 11.4 Å². The minimum Gasteiger partial charge on any atom is -0.342 e.